The first-order valence-electron chi connectivity index (χ1n) is 8.45. The van der Waals surface area contributed by atoms with E-state index < -0.39 is 6.04 Å². The van der Waals surface area contributed by atoms with Crippen molar-refractivity contribution in [3.05, 3.63) is 29.8 Å². The zero-order chi connectivity index (χ0) is 17.3. The molecule has 0 aliphatic carbocycles. The number of ether oxygens (including phenoxy) is 1. The molecule has 0 aromatic heterocycles. The molecule has 0 bridgehead atoms. The van der Waals surface area contributed by atoms with Gasteiger partial charge in [-0.1, -0.05) is 26.0 Å². The Hall–Kier alpha value is -2.08. The number of benzene rings is 1. The number of fused-ring (bicyclic) bond motifs is 1. The normalized spacial score (nSPS) is 24.8. The number of carbonyl (C=O) groups is 2. The first-order valence-corrected chi connectivity index (χ1v) is 8.45. The predicted molar refractivity (Wildman–Crippen MR) is 90.5 cm³/mol. The van der Waals surface area contributed by atoms with Gasteiger partial charge in [0.15, 0.2) is 0 Å². The molecule has 6 heteroatoms. The van der Waals surface area contributed by atoms with Crippen LogP contribution in [0.2, 0.25) is 0 Å². The topological polar surface area (TPSA) is 61.9 Å². The largest absolute Gasteiger partial charge is 0.497 e. The van der Waals surface area contributed by atoms with Gasteiger partial charge < -0.3 is 15.0 Å². The van der Waals surface area contributed by atoms with Crippen molar-refractivity contribution >= 4 is 11.8 Å². The van der Waals surface area contributed by atoms with Crippen molar-refractivity contribution in [2.24, 2.45) is 5.92 Å². The van der Waals surface area contributed by atoms with Gasteiger partial charge in [0.2, 0.25) is 11.8 Å². The molecule has 0 saturated carbocycles. The highest BCUT2D eigenvalue weighted by atomic mass is 16.5. The fourth-order valence-electron chi connectivity index (χ4n) is 3.44. The van der Waals surface area contributed by atoms with Crippen molar-refractivity contribution in [3.63, 3.8) is 0 Å². The summed E-state index contributed by atoms with van der Waals surface area (Å²) in [6.45, 7) is 6.61. The van der Waals surface area contributed by atoms with Gasteiger partial charge in [-0.3, -0.25) is 14.5 Å². The van der Waals surface area contributed by atoms with Gasteiger partial charge in [-0.15, -0.1) is 0 Å². The minimum Gasteiger partial charge on any atom is -0.497 e. The van der Waals surface area contributed by atoms with Crippen LogP contribution in [0, 0.1) is 5.92 Å². The predicted octanol–water partition coefficient (Wildman–Crippen LogP) is 0.862. The van der Waals surface area contributed by atoms with Crippen LogP contribution in [0.3, 0.4) is 0 Å². The highest BCUT2D eigenvalue weighted by Crippen LogP contribution is 2.21. The third kappa shape index (κ3) is 3.24. The number of carbonyl (C=O) groups excluding carboxylic acids is 2. The zero-order valence-electron chi connectivity index (χ0n) is 14.5. The molecule has 1 N–H and O–H groups in total. The second kappa shape index (κ2) is 6.81. The van der Waals surface area contributed by atoms with Gasteiger partial charge >= 0.3 is 0 Å². The highest BCUT2D eigenvalue weighted by Gasteiger charge is 2.44. The lowest BCUT2D eigenvalue weighted by Gasteiger charge is -2.46. The third-order valence-electron chi connectivity index (χ3n) is 4.82. The summed E-state index contributed by atoms with van der Waals surface area (Å²) in [5, 5.41) is 2.89. The lowest BCUT2D eigenvalue weighted by molar-refractivity contribution is -0.154. The maximum Gasteiger partial charge on any atom is 0.246 e. The van der Waals surface area contributed by atoms with Gasteiger partial charge in [0.25, 0.3) is 0 Å². The molecular weight excluding hydrogens is 306 g/mol. The Kier molecular flexibility index (Phi) is 4.76. The molecule has 2 fully saturated rings. The fraction of sp³-hybridized carbons (Fsp3) is 0.556. The number of amides is 2. The molecule has 1 aromatic carbocycles. The number of methoxy groups -OCH3 is 1. The minimum absolute atomic E-state index is 0.0383. The van der Waals surface area contributed by atoms with Gasteiger partial charge in [-0.25, -0.2) is 0 Å². The first-order chi connectivity index (χ1) is 11.5. The summed E-state index contributed by atoms with van der Waals surface area (Å²) < 4.78 is 5.26. The average molecular weight is 331 g/mol. The van der Waals surface area contributed by atoms with Crippen molar-refractivity contribution in [2.45, 2.75) is 32.5 Å². The van der Waals surface area contributed by atoms with Crippen LogP contribution in [0.25, 0.3) is 0 Å². The molecule has 0 radical (unpaired) electrons. The Morgan fingerprint density at radius 1 is 1.29 bits per heavy atom. The third-order valence-corrected chi connectivity index (χ3v) is 4.82. The van der Waals surface area contributed by atoms with Crippen LogP contribution in [0.1, 0.15) is 19.4 Å². The Morgan fingerprint density at radius 2 is 2.08 bits per heavy atom. The second-order valence-electron chi connectivity index (χ2n) is 6.86. The summed E-state index contributed by atoms with van der Waals surface area (Å²) in [7, 11) is 1.65. The van der Waals surface area contributed by atoms with E-state index in [2.05, 4.69) is 16.3 Å². The van der Waals surface area contributed by atoms with Crippen molar-refractivity contribution in [2.75, 3.05) is 26.7 Å². The summed E-state index contributed by atoms with van der Waals surface area (Å²) >= 11 is 0. The number of nitrogens with one attached hydrogen (secondary N) is 1. The van der Waals surface area contributed by atoms with Gasteiger partial charge in [0, 0.05) is 26.2 Å². The van der Waals surface area contributed by atoms with Crippen LogP contribution in [-0.2, 0) is 16.1 Å². The Morgan fingerprint density at radius 3 is 2.79 bits per heavy atom. The van der Waals surface area contributed by atoms with Crippen molar-refractivity contribution in [3.8, 4) is 5.75 Å². The van der Waals surface area contributed by atoms with Crippen LogP contribution >= 0.6 is 0 Å². The van der Waals surface area contributed by atoms with E-state index in [4.69, 9.17) is 4.74 Å². The maximum atomic E-state index is 12.6. The van der Waals surface area contributed by atoms with Crippen LogP contribution in [-0.4, -0.2) is 60.4 Å². The quantitative estimate of drug-likeness (QED) is 0.889. The Bertz CT molecular complexity index is 632. The fourth-order valence-corrected chi connectivity index (χ4v) is 3.44. The monoisotopic (exact) mass is 331 g/mol. The van der Waals surface area contributed by atoms with Crippen molar-refractivity contribution in [1.29, 1.82) is 0 Å². The van der Waals surface area contributed by atoms with Crippen molar-refractivity contribution in [1.82, 2.24) is 15.1 Å². The molecule has 2 amide bonds. The summed E-state index contributed by atoms with van der Waals surface area (Å²) in [6.07, 6.45) is 0. The van der Waals surface area contributed by atoms with E-state index in [1.54, 1.807) is 12.0 Å². The minimum atomic E-state index is -0.390. The van der Waals surface area contributed by atoms with E-state index in [1.807, 2.05) is 32.0 Å². The molecule has 2 saturated heterocycles. The lowest BCUT2D eigenvalue weighted by atomic mass is 9.96. The molecular formula is C18H25N3O3. The van der Waals surface area contributed by atoms with E-state index in [0.29, 0.717) is 13.1 Å². The molecule has 6 nitrogen and oxygen atoms in total. The van der Waals surface area contributed by atoms with Crippen LogP contribution < -0.4 is 10.1 Å². The molecule has 24 heavy (non-hydrogen) atoms. The van der Waals surface area contributed by atoms with E-state index in [9.17, 15) is 9.59 Å². The number of hydrogen-bond donors (Lipinski definition) is 1. The molecule has 2 aliphatic heterocycles. The van der Waals surface area contributed by atoms with E-state index in [1.165, 1.54) is 0 Å². The van der Waals surface area contributed by atoms with Crippen LogP contribution in [0.15, 0.2) is 24.3 Å². The molecule has 1 aromatic rings. The number of hydrogen-bond acceptors (Lipinski definition) is 4. The smallest absolute Gasteiger partial charge is 0.246 e. The maximum absolute atomic E-state index is 12.6. The molecule has 0 spiro atoms. The summed E-state index contributed by atoms with van der Waals surface area (Å²) in [4.78, 5) is 29.0. The van der Waals surface area contributed by atoms with E-state index >= 15 is 0 Å². The first kappa shape index (κ1) is 16.8. The number of nitrogens with zero attached hydrogens (tertiary/aromatic N) is 2. The zero-order valence-corrected chi connectivity index (χ0v) is 14.5. The van der Waals surface area contributed by atoms with E-state index in [-0.39, 0.29) is 23.8 Å². The SMILES string of the molecule is COc1cccc(CN2CCN3C(=O)[C@H](C(C)C)NC(=O)[C@H]3C2)c1. The molecule has 3 rings (SSSR count). The van der Waals surface area contributed by atoms with E-state index in [0.717, 1.165) is 24.4 Å². The van der Waals surface area contributed by atoms with Crippen LogP contribution in [0.5, 0.6) is 5.75 Å². The molecule has 2 atom stereocenters. The molecule has 0 unspecified atom stereocenters. The molecule has 2 aliphatic rings. The van der Waals surface area contributed by atoms with Gasteiger partial charge in [0.1, 0.15) is 17.8 Å². The Labute approximate surface area is 142 Å². The second-order valence-corrected chi connectivity index (χ2v) is 6.86. The Balaban J connectivity index is 1.68. The van der Waals surface area contributed by atoms with Gasteiger partial charge in [-0.2, -0.15) is 0 Å². The molecule has 2 heterocycles. The number of rotatable bonds is 4. The summed E-state index contributed by atoms with van der Waals surface area (Å²) in [6, 6.07) is 7.17. The van der Waals surface area contributed by atoms with Gasteiger partial charge in [0.05, 0.1) is 7.11 Å². The standard InChI is InChI=1S/C18H25N3O3/c1-12(2)16-18(23)21-8-7-20(11-15(21)17(22)19-16)10-13-5-4-6-14(9-13)24-3/h4-6,9,12,15-16H,7-8,10-11H2,1-3H3,(H,19,22)/t15-,16+/m1/s1. The van der Waals surface area contributed by atoms with Gasteiger partial charge in [-0.05, 0) is 23.6 Å². The van der Waals surface area contributed by atoms with Crippen LogP contribution in [0.4, 0.5) is 0 Å². The van der Waals surface area contributed by atoms with Crippen molar-refractivity contribution < 1.29 is 14.3 Å². The average Bonchev–Trinajstić information content (AvgIpc) is 2.58. The summed E-state index contributed by atoms with van der Waals surface area (Å²) in [5.74, 6) is 0.952. The molecule has 130 valence electrons. The summed E-state index contributed by atoms with van der Waals surface area (Å²) in [5.41, 5.74) is 1.14. The number of piperazine rings is 2. The lowest BCUT2D eigenvalue weighted by Crippen LogP contribution is -2.70. The highest BCUT2D eigenvalue weighted by molar-refractivity contribution is 5.97.